The molecule has 1 aliphatic heterocycles. The molecule has 1 aromatic rings. The molecule has 33 heavy (non-hydrogen) atoms. The third kappa shape index (κ3) is 11.4. The molecule has 184 valence electrons. The molecule has 6 heteroatoms. The van der Waals surface area contributed by atoms with E-state index in [1.165, 1.54) is 88.5 Å². The molecule has 3 N–H and O–H groups in total. The van der Waals surface area contributed by atoms with Gasteiger partial charge in [-0.25, -0.2) is 0 Å². The van der Waals surface area contributed by atoms with Gasteiger partial charge < -0.3 is 11.1 Å². The van der Waals surface area contributed by atoms with Crippen molar-refractivity contribution in [1.29, 1.82) is 0 Å². The molecule has 0 radical (unpaired) electrons. The fraction of sp³-hybridized carbons (Fsp3) is 0.667. The van der Waals surface area contributed by atoms with Crippen LogP contribution in [0.5, 0.6) is 0 Å². The van der Waals surface area contributed by atoms with Crippen molar-refractivity contribution in [2.45, 2.75) is 116 Å². The Balaban J connectivity index is 1.44. The second-order valence-electron chi connectivity index (χ2n) is 9.27. The first-order valence-electron chi connectivity index (χ1n) is 13.2. The minimum absolute atomic E-state index is 0.0598. The molecule has 2 amide bonds. The summed E-state index contributed by atoms with van der Waals surface area (Å²) in [6.45, 7) is 2.27. The summed E-state index contributed by atoms with van der Waals surface area (Å²) in [5.41, 5.74) is 6.97. The summed E-state index contributed by atoms with van der Waals surface area (Å²) in [5, 5.41) is 8.37. The lowest BCUT2D eigenvalue weighted by Gasteiger charge is -2.11. The van der Waals surface area contributed by atoms with E-state index in [0.717, 1.165) is 12.8 Å². The van der Waals surface area contributed by atoms with Gasteiger partial charge >= 0.3 is 0 Å². The summed E-state index contributed by atoms with van der Waals surface area (Å²) in [4.78, 5) is 24.4. The van der Waals surface area contributed by atoms with E-state index in [-0.39, 0.29) is 18.2 Å². The van der Waals surface area contributed by atoms with Crippen molar-refractivity contribution in [3.8, 4) is 0 Å². The highest BCUT2D eigenvalue weighted by Crippen LogP contribution is 2.21. The predicted octanol–water partition coefficient (Wildman–Crippen LogP) is 6.70. The largest absolute Gasteiger partial charge is 0.399 e. The van der Waals surface area contributed by atoms with Gasteiger partial charge in [-0.05, 0) is 30.7 Å². The van der Waals surface area contributed by atoms with Gasteiger partial charge in [0.1, 0.15) is 5.84 Å². The highest BCUT2D eigenvalue weighted by Gasteiger charge is 2.26. The number of nitrogens with one attached hydrogen (secondary N) is 1. The van der Waals surface area contributed by atoms with Crippen LogP contribution < -0.4 is 16.1 Å². The average molecular weight is 457 g/mol. The zero-order valence-corrected chi connectivity index (χ0v) is 20.6. The number of carbonyl (C=O) groups is 2. The molecule has 6 nitrogen and oxygen atoms in total. The van der Waals surface area contributed by atoms with Crippen LogP contribution in [0.2, 0.25) is 0 Å². The van der Waals surface area contributed by atoms with Crippen molar-refractivity contribution >= 4 is 29.0 Å². The minimum atomic E-state index is -0.151. The number of carbonyl (C=O) groups excluding carboxylic acids is 2. The summed E-state index contributed by atoms with van der Waals surface area (Å²) in [5.74, 6) is 0.209. The molecule has 0 fully saturated rings. The van der Waals surface area contributed by atoms with E-state index in [4.69, 9.17) is 5.73 Å². The number of hydrogen-bond donors (Lipinski definition) is 2. The van der Waals surface area contributed by atoms with Gasteiger partial charge in [0.15, 0.2) is 0 Å². The quantitative estimate of drug-likeness (QED) is 0.202. The van der Waals surface area contributed by atoms with Crippen molar-refractivity contribution in [3.63, 3.8) is 0 Å². The van der Waals surface area contributed by atoms with Gasteiger partial charge in [0.25, 0.3) is 5.91 Å². The fourth-order valence-corrected chi connectivity index (χ4v) is 4.20. The third-order valence-electron chi connectivity index (χ3n) is 6.20. The number of benzene rings is 1. The second-order valence-corrected chi connectivity index (χ2v) is 9.27. The van der Waals surface area contributed by atoms with Gasteiger partial charge in [-0.1, -0.05) is 96.8 Å². The van der Waals surface area contributed by atoms with Crippen LogP contribution in [0.4, 0.5) is 11.4 Å². The number of amidine groups is 1. The maximum atomic E-state index is 12.2. The predicted molar refractivity (Wildman–Crippen MR) is 138 cm³/mol. The zero-order chi connectivity index (χ0) is 23.7. The first-order chi connectivity index (χ1) is 16.1. The molecule has 0 aromatic heterocycles. The number of hydrogen-bond acceptors (Lipinski definition) is 4. The first-order valence-corrected chi connectivity index (χ1v) is 13.2. The molecule has 0 unspecified atom stereocenters. The number of nitrogen functional groups attached to an aromatic ring is 1. The van der Waals surface area contributed by atoms with E-state index < -0.39 is 0 Å². The number of unbranched alkanes of at least 4 members (excludes halogenated alkanes) is 14. The Morgan fingerprint density at radius 2 is 1.33 bits per heavy atom. The molecule has 0 aliphatic carbocycles. The fourth-order valence-electron chi connectivity index (χ4n) is 4.20. The summed E-state index contributed by atoms with van der Waals surface area (Å²) in [6.07, 6.45) is 20.2. The van der Waals surface area contributed by atoms with Crippen LogP contribution in [-0.2, 0) is 9.59 Å². The molecular formula is C27H44N4O2. The number of amides is 2. The summed E-state index contributed by atoms with van der Waals surface area (Å²) in [7, 11) is 0. The molecular weight excluding hydrogens is 412 g/mol. The number of rotatable bonds is 17. The van der Waals surface area contributed by atoms with Crippen LogP contribution in [0.1, 0.15) is 116 Å². The average Bonchev–Trinajstić information content (AvgIpc) is 3.16. The topological polar surface area (TPSA) is 87.8 Å². The Labute approximate surface area is 200 Å². The van der Waals surface area contributed by atoms with Crippen molar-refractivity contribution in [3.05, 3.63) is 24.3 Å². The Bertz CT molecular complexity index is 730. The molecule has 0 atom stereocenters. The van der Waals surface area contributed by atoms with E-state index >= 15 is 0 Å². The normalized spacial score (nSPS) is 13.4. The SMILES string of the molecule is CCCCCCCCCCCCCCCCCC(=O)NC1=NN(c2ccc(N)cc2)C(=O)C1. The molecule has 2 rings (SSSR count). The third-order valence-corrected chi connectivity index (χ3v) is 6.20. The smallest absolute Gasteiger partial charge is 0.255 e. The Hall–Kier alpha value is -2.37. The van der Waals surface area contributed by atoms with Crippen LogP contribution >= 0.6 is 0 Å². The van der Waals surface area contributed by atoms with Gasteiger partial charge in [0.2, 0.25) is 5.91 Å². The van der Waals surface area contributed by atoms with Crippen molar-refractivity contribution in [2.24, 2.45) is 5.10 Å². The highest BCUT2D eigenvalue weighted by molar-refractivity contribution is 6.15. The standard InChI is InChI=1S/C27H44N4O2/c1-2-3-4-5-6-7-8-9-10-11-12-13-14-15-16-17-26(32)29-25-22-27(33)31(30-25)24-20-18-23(28)19-21-24/h18-21H,2-17,22,28H2,1H3,(H,29,30,32). The molecule has 0 spiro atoms. The molecule has 0 saturated carbocycles. The monoisotopic (exact) mass is 456 g/mol. The Morgan fingerprint density at radius 3 is 1.85 bits per heavy atom. The first kappa shape index (κ1) is 26.9. The van der Waals surface area contributed by atoms with Gasteiger partial charge in [-0.15, -0.1) is 0 Å². The molecule has 1 heterocycles. The summed E-state index contributed by atoms with van der Waals surface area (Å²) in [6, 6.07) is 6.95. The Morgan fingerprint density at radius 1 is 0.848 bits per heavy atom. The zero-order valence-electron chi connectivity index (χ0n) is 20.6. The van der Waals surface area contributed by atoms with Crippen molar-refractivity contribution < 1.29 is 9.59 Å². The minimum Gasteiger partial charge on any atom is -0.399 e. The maximum Gasteiger partial charge on any atom is 0.255 e. The van der Waals surface area contributed by atoms with Crippen molar-refractivity contribution in [1.82, 2.24) is 5.32 Å². The van der Waals surface area contributed by atoms with Gasteiger partial charge in [0, 0.05) is 12.1 Å². The van der Waals surface area contributed by atoms with Gasteiger partial charge in [0.05, 0.1) is 12.1 Å². The maximum absolute atomic E-state index is 12.2. The van der Waals surface area contributed by atoms with Crippen LogP contribution in [0.3, 0.4) is 0 Å². The number of anilines is 2. The van der Waals surface area contributed by atoms with Crippen LogP contribution in [0.15, 0.2) is 29.4 Å². The second kappa shape index (κ2) is 16.3. The molecule has 1 aromatic carbocycles. The van der Waals surface area contributed by atoms with E-state index in [2.05, 4.69) is 17.3 Å². The van der Waals surface area contributed by atoms with Crippen LogP contribution in [-0.4, -0.2) is 17.6 Å². The number of nitrogens with zero attached hydrogens (tertiary/aromatic N) is 2. The summed E-state index contributed by atoms with van der Waals surface area (Å²) >= 11 is 0. The number of nitrogens with two attached hydrogens (primary N) is 1. The van der Waals surface area contributed by atoms with Crippen LogP contribution in [0.25, 0.3) is 0 Å². The molecule has 0 bridgehead atoms. The lowest BCUT2D eigenvalue weighted by molar-refractivity contribution is -0.119. The molecule has 1 aliphatic rings. The molecule has 0 saturated heterocycles. The van der Waals surface area contributed by atoms with Gasteiger partial charge in [-0.3, -0.25) is 9.59 Å². The highest BCUT2D eigenvalue weighted by atomic mass is 16.2. The lowest BCUT2D eigenvalue weighted by atomic mass is 10.0. The lowest BCUT2D eigenvalue weighted by Crippen LogP contribution is -2.29. The van der Waals surface area contributed by atoms with E-state index in [1.807, 2.05) is 0 Å². The van der Waals surface area contributed by atoms with Gasteiger partial charge in [-0.2, -0.15) is 10.1 Å². The van der Waals surface area contributed by atoms with Crippen LogP contribution in [0, 0.1) is 0 Å². The van der Waals surface area contributed by atoms with E-state index in [9.17, 15) is 9.59 Å². The summed E-state index contributed by atoms with van der Waals surface area (Å²) < 4.78 is 0. The van der Waals surface area contributed by atoms with Crippen molar-refractivity contribution in [2.75, 3.05) is 10.7 Å². The number of hydrazone groups is 1. The van der Waals surface area contributed by atoms with E-state index in [0.29, 0.717) is 23.6 Å². The Kier molecular flexibility index (Phi) is 13.3. The van der Waals surface area contributed by atoms with E-state index in [1.54, 1.807) is 24.3 Å².